The van der Waals surface area contributed by atoms with Crippen LogP contribution in [0.3, 0.4) is 0 Å². The van der Waals surface area contributed by atoms with Crippen molar-refractivity contribution in [1.82, 2.24) is 0 Å². The van der Waals surface area contributed by atoms with E-state index in [-0.39, 0.29) is 0 Å². The third-order valence-electron chi connectivity index (χ3n) is 3.29. The first-order valence-corrected chi connectivity index (χ1v) is 6.19. The van der Waals surface area contributed by atoms with E-state index >= 15 is 0 Å². The van der Waals surface area contributed by atoms with E-state index in [4.69, 9.17) is 4.74 Å². The van der Waals surface area contributed by atoms with Gasteiger partial charge in [-0.1, -0.05) is 30.3 Å². The molecule has 0 saturated carbocycles. The quantitative estimate of drug-likeness (QED) is 0.850. The second-order valence-corrected chi connectivity index (χ2v) is 4.41. The molecule has 0 bridgehead atoms. The summed E-state index contributed by atoms with van der Waals surface area (Å²) in [6.45, 7) is 0. The average Bonchev–Trinajstić information content (AvgIpc) is 2.61. The first-order chi connectivity index (χ1) is 9.72. The Balaban J connectivity index is 2.35. The van der Waals surface area contributed by atoms with Crippen molar-refractivity contribution in [3.8, 4) is 0 Å². The molecule has 100 valence electrons. The molecule has 3 rings (SSSR count). The Bertz CT molecular complexity index is 706. The van der Waals surface area contributed by atoms with Crippen LogP contribution in [0.1, 0.15) is 11.1 Å². The van der Waals surface area contributed by atoms with Crippen molar-refractivity contribution in [2.24, 2.45) is 0 Å². The number of hydrogen-bond acceptors (Lipinski definition) is 2. The third-order valence-corrected chi connectivity index (χ3v) is 3.29. The van der Waals surface area contributed by atoms with Gasteiger partial charge in [0.05, 0.1) is 18.5 Å². The van der Waals surface area contributed by atoms with Gasteiger partial charge in [0.15, 0.2) is 0 Å². The highest BCUT2D eigenvalue weighted by Crippen LogP contribution is 2.39. The van der Waals surface area contributed by atoms with E-state index in [9.17, 15) is 9.90 Å². The summed E-state index contributed by atoms with van der Waals surface area (Å²) < 4.78 is 5.42. The van der Waals surface area contributed by atoms with Gasteiger partial charge in [-0.05, 0) is 24.3 Å². The highest BCUT2D eigenvalue weighted by molar-refractivity contribution is 6.04. The Hall–Kier alpha value is -2.75. The summed E-state index contributed by atoms with van der Waals surface area (Å²) >= 11 is 0. The van der Waals surface area contributed by atoms with E-state index in [1.807, 2.05) is 42.5 Å². The lowest BCUT2D eigenvalue weighted by atomic mass is 10.1. The molecule has 1 N–H and O–H groups in total. The van der Waals surface area contributed by atoms with Crippen molar-refractivity contribution in [2.45, 2.75) is 0 Å². The molecule has 2 aromatic rings. The van der Waals surface area contributed by atoms with Crippen LogP contribution in [0.15, 0.2) is 48.5 Å². The molecule has 0 radical (unpaired) electrons. The van der Waals surface area contributed by atoms with E-state index in [1.165, 1.54) is 4.90 Å². The first kappa shape index (κ1) is 12.3. The van der Waals surface area contributed by atoms with Crippen LogP contribution < -0.4 is 4.90 Å². The van der Waals surface area contributed by atoms with Crippen molar-refractivity contribution < 1.29 is 14.6 Å². The molecule has 0 aliphatic carbocycles. The number of benzene rings is 2. The number of para-hydroxylation sites is 2. The van der Waals surface area contributed by atoms with Crippen LogP contribution in [0, 0.1) is 0 Å². The highest BCUT2D eigenvalue weighted by atomic mass is 16.5. The molecule has 0 unspecified atom stereocenters. The Morgan fingerprint density at radius 2 is 1.70 bits per heavy atom. The monoisotopic (exact) mass is 267 g/mol. The highest BCUT2D eigenvalue weighted by Gasteiger charge is 2.26. The summed E-state index contributed by atoms with van der Waals surface area (Å²) in [7, 11) is 1.58. The van der Waals surface area contributed by atoms with Crippen LogP contribution in [0.2, 0.25) is 0 Å². The van der Waals surface area contributed by atoms with Crippen LogP contribution in [0.25, 0.3) is 11.8 Å². The smallest absolute Gasteiger partial charge is 0.416 e. The molecule has 4 heteroatoms. The molecule has 1 heterocycles. The number of methoxy groups -OCH3 is 1. The molecule has 2 aromatic carbocycles. The largest absolute Gasteiger partial charge is 0.496 e. The van der Waals surface area contributed by atoms with Gasteiger partial charge in [-0.2, -0.15) is 0 Å². The lowest BCUT2D eigenvalue weighted by molar-refractivity contribution is 0.205. The second kappa shape index (κ2) is 4.74. The molecular formula is C16H13NO3. The fourth-order valence-corrected chi connectivity index (χ4v) is 2.41. The molecule has 0 saturated heterocycles. The van der Waals surface area contributed by atoms with Crippen LogP contribution in [0.4, 0.5) is 16.2 Å². The van der Waals surface area contributed by atoms with Gasteiger partial charge in [0.25, 0.3) is 0 Å². The average molecular weight is 267 g/mol. The van der Waals surface area contributed by atoms with E-state index in [0.29, 0.717) is 17.1 Å². The van der Waals surface area contributed by atoms with Crippen LogP contribution in [-0.4, -0.2) is 18.3 Å². The topological polar surface area (TPSA) is 49.8 Å². The second-order valence-electron chi connectivity index (χ2n) is 4.41. The van der Waals surface area contributed by atoms with Gasteiger partial charge in [0.1, 0.15) is 5.76 Å². The summed E-state index contributed by atoms with van der Waals surface area (Å²) in [5.74, 6) is 0.650. The van der Waals surface area contributed by atoms with Gasteiger partial charge in [0.2, 0.25) is 0 Å². The molecule has 0 fully saturated rings. The van der Waals surface area contributed by atoms with Gasteiger partial charge >= 0.3 is 6.09 Å². The Kier molecular flexibility index (Phi) is 2.91. The Labute approximate surface area is 116 Å². The number of fused-ring (bicyclic) bond motifs is 2. The van der Waals surface area contributed by atoms with Gasteiger partial charge in [-0.3, -0.25) is 0 Å². The molecule has 0 spiro atoms. The maximum absolute atomic E-state index is 11.7. The molecule has 4 nitrogen and oxygen atoms in total. The lowest BCUT2D eigenvalue weighted by Crippen LogP contribution is -2.24. The maximum Gasteiger partial charge on any atom is 0.416 e. The first-order valence-electron chi connectivity index (χ1n) is 6.19. The fourth-order valence-electron chi connectivity index (χ4n) is 2.41. The number of nitrogens with zero attached hydrogens (tertiary/aromatic N) is 1. The zero-order valence-electron chi connectivity index (χ0n) is 10.9. The van der Waals surface area contributed by atoms with Crippen molar-refractivity contribution in [3.63, 3.8) is 0 Å². The van der Waals surface area contributed by atoms with Gasteiger partial charge in [-0.15, -0.1) is 0 Å². The van der Waals surface area contributed by atoms with Crippen molar-refractivity contribution in [3.05, 3.63) is 59.7 Å². The van der Waals surface area contributed by atoms with E-state index in [1.54, 1.807) is 19.2 Å². The van der Waals surface area contributed by atoms with Crippen molar-refractivity contribution >= 4 is 29.3 Å². The minimum atomic E-state index is -1.02. The fraction of sp³-hybridized carbons (Fsp3) is 0.0625. The number of carbonyl (C=O) groups is 1. The number of carboxylic acid groups (broad SMARTS) is 1. The number of hydrogen-bond donors (Lipinski definition) is 1. The summed E-state index contributed by atoms with van der Waals surface area (Å²) in [6.07, 6.45) is 0.840. The van der Waals surface area contributed by atoms with E-state index < -0.39 is 6.09 Å². The van der Waals surface area contributed by atoms with E-state index in [0.717, 1.165) is 11.1 Å². The molecular weight excluding hydrogens is 254 g/mol. The molecule has 0 atom stereocenters. The van der Waals surface area contributed by atoms with Gasteiger partial charge < -0.3 is 9.84 Å². The predicted octanol–water partition coefficient (Wildman–Crippen LogP) is 3.96. The maximum atomic E-state index is 11.7. The minimum absolute atomic E-state index is 0.595. The van der Waals surface area contributed by atoms with Gasteiger partial charge in [0, 0.05) is 11.1 Å². The standard InChI is InChI=1S/C16H13NO3/c1-20-15-10-11-6-2-4-8-13(11)17(16(18)19)14-9-5-3-7-12(14)15/h2-10H,1H3,(H,18,19). The number of rotatable bonds is 1. The Morgan fingerprint density at radius 3 is 2.40 bits per heavy atom. The van der Waals surface area contributed by atoms with Crippen LogP contribution >= 0.6 is 0 Å². The minimum Gasteiger partial charge on any atom is -0.496 e. The van der Waals surface area contributed by atoms with Crippen LogP contribution in [0.5, 0.6) is 0 Å². The normalized spacial score (nSPS) is 12.8. The van der Waals surface area contributed by atoms with Gasteiger partial charge in [-0.25, -0.2) is 9.69 Å². The summed E-state index contributed by atoms with van der Waals surface area (Å²) in [4.78, 5) is 13.0. The van der Waals surface area contributed by atoms with Crippen LogP contribution in [-0.2, 0) is 4.74 Å². The van der Waals surface area contributed by atoms with Crippen molar-refractivity contribution in [2.75, 3.05) is 12.0 Å². The summed E-state index contributed by atoms with van der Waals surface area (Å²) in [5, 5.41) is 9.58. The number of amides is 1. The number of ether oxygens (including phenoxy) is 1. The third kappa shape index (κ3) is 1.82. The molecule has 20 heavy (non-hydrogen) atoms. The molecule has 0 aromatic heterocycles. The summed E-state index contributed by atoms with van der Waals surface area (Å²) in [6, 6.07) is 14.7. The molecule has 1 aliphatic heterocycles. The zero-order valence-corrected chi connectivity index (χ0v) is 10.9. The number of anilines is 2. The summed E-state index contributed by atoms with van der Waals surface area (Å²) in [5.41, 5.74) is 2.79. The Morgan fingerprint density at radius 1 is 1.05 bits per heavy atom. The van der Waals surface area contributed by atoms with Crippen molar-refractivity contribution in [1.29, 1.82) is 0 Å². The zero-order chi connectivity index (χ0) is 14.1. The van der Waals surface area contributed by atoms with E-state index in [2.05, 4.69) is 0 Å². The molecule has 1 aliphatic rings. The predicted molar refractivity (Wildman–Crippen MR) is 77.9 cm³/mol. The molecule has 1 amide bonds. The lowest BCUT2D eigenvalue weighted by Gasteiger charge is -2.21. The SMILES string of the molecule is COC1=Cc2ccccc2N(C(=O)O)c2ccccc21.